The van der Waals surface area contributed by atoms with Crippen LogP contribution in [0.4, 0.5) is 8.78 Å². The molecule has 0 aliphatic rings. The number of nitrogens with one attached hydrogen (secondary N) is 2. The lowest BCUT2D eigenvalue weighted by Crippen LogP contribution is -2.48. The van der Waals surface area contributed by atoms with E-state index in [-0.39, 0.29) is 30.0 Å². The molecular formula is C28H28F2N3O7PS. The molecule has 1 heterocycles. The first kappa shape index (κ1) is 31.2. The number of aromatic nitrogens is 1. The zero-order chi connectivity index (χ0) is 30.4. The second-order valence-electron chi connectivity index (χ2n) is 9.29. The molecule has 0 spiro atoms. The summed E-state index contributed by atoms with van der Waals surface area (Å²) in [4.78, 5) is 35.3. The number of rotatable bonds is 13. The van der Waals surface area contributed by atoms with Gasteiger partial charge in [-0.2, -0.15) is 13.5 Å². The number of hydrogen-bond acceptors (Lipinski definition) is 6. The summed E-state index contributed by atoms with van der Waals surface area (Å²) < 4.78 is 73.4. The number of hydrogen-bond donors (Lipinski definition) is 4. The van der Waals surface area contributed by atoms with Gasteiger partial charge < -0.3 is 19.8 Å². The van der Waals surface area contributed by atoms with Crippen LogP contribution in [-0.4, -0.2) is 48.3 Å². The van der Waals surface area contributed by atoms with E-state index >= 15 is 0 Å². The number of pyridine rings is 1. The van der Waals surface area contributed by atoms with Gasteiger partial charge in [-0.3, -0.25) is 14.3 Å². The van der Waals surface area contributed by atoms with E-state index in [0.717, 1.165) is 35.2 Å². The van der Waals surface area contributed by atoms with Crippen LogP contribution in [0.2, 0.25) is 0 Å². The minimum Gasteiger partial charge on any atom is -0.493 e. The molecule has 42 heavy (non-hydrogen) atoms. The molecule has 10 nitrogen and oxygen atoms in total. The number of ether oxygens (including phenoxy) is 1. The topological polar surface area (TPSA) is 155 Å². The van der Waals surface area contributed by atoms with Gasteiger partial charge in [-0.05, 0) is 48.7 Å². The van der Waals surface area contributed by atoms with Gasteiger partial charge in [0.1, 0.15) is 11.8 Å². The van der Waals surface area contributed by atoms with Crippen LogP contribution in [0.5, 0.6) is 5.75 Å². The molecule has 4 N–H and O–H groups in total. The monoisotopic (exact) mass is 619 g/mol. The van der Waals surface area contributed by atoms with Crippen LogP contribution in [0.3, 0.4) is 0 Å². The van der Waals surface area contributed by atoms with Crippen molar-refractivity contribution in [2.24, 2.45) is 0 Å². The summed E-state index contributed by atoms with van der Waals surface area (Å²) >= 11 is 0. The minimum absolute atomic E-state index is 0.0718. The van der Waals surface area contributed by atoms with Crippen LogP contribution in [0.25, 0.3) is 10.9 Å². The number of amides is 1. The zero-order valence-electron chi connectivity index (χ0n) is 22.1. The van der Waals surface area contributed by atoms with Crippen molar-refractivity contribution in [2.75, 3.05) is 13.2 Å². The van der Waals surface area contributed by atoms with Gasteiger partial charge in [-0.15, -0.1) is 0 Å². The summed E-state index contributed by atoms with van der Waals surface area (Å²) in [5.41, 5.74) is -4.26. The van der Waals surface area contributed by atoms with Crippen molar-refractivity contribution in [3.05, 3.63) is 102 Å². The van der Waals surface area contributed by atoms with Crippen LogP contribution < -0.4 is 14.8 Å². The van der Waals surface area contributed by atoms with Crippen molar-refractivity contribution < 1.29 is 41.1 Å². The second kappa shape index (κ2) is 13.1. The molecule has 4 aromatic rings. The number of nitrogens with zero attached hydrogens (tertiary/aromatic N) is 1. The molecule has 1 aromatic heterocycles. The van der Waals surface area contributed by atoms with Crippen molar-refractivity contribution in [3.8, 4) is 5.75 Å². The highest BCUT2D eigenvalue weighted by Crippen LogP contribution is 2.59. The number of para-hydroxylation sites is 1. The predicted molar refractivity (Wildman–Crippen MR) is 152 cm³/mol. The third kappa shape index (κ3) is 7.55. The summed E-state index contributed by atoms with van der Waals surface area (Å²) in [7, 11) is -9.90. The minimum atomic E-state index is -5.76. The predicted octanol–water partition coefficient (Wildman–Crippen LogP) is 3.94. The molecule has 222 valence electrons. The number of alkyl halides is 2. The van der Waals surface area contributed by atoms with Crippen molar-refractivity contribution in [1.29, 1.82) is 0 Å². The smallest absolute Gasteiger partial charge is 0.399 e. The molecule has 0 fully saturated rings. The normalized spacial score (nSPS) is 13.0. The molecule has 14 heteroatoms. The lowest BCUT2D eigenvalue weighted by Gasteiger charge is -2.20. The first-order valence-electron chi connectivity index (χ1n) is 12.7. The number of benzene rings is 3. The Labute approximate surface area is 241 Å². The summed E-state index contributed by atoms with van der Waals surface area (Å²) in [5, 5.41) is 3.51. The fourth-order valence-electron chi connectivity index (χ4n) is 4.07. The zero-order valence-corrected chi connectivity index (χ0v) is 23.8. The molecule has 0 unspecified atom stereocenters. The van der Waals surface area contributed by atoms with Gasteiger partial charge in [-0.1, -0.05) is 54.6 Å². The van der Waals surface area contributed by atoms with Gasteiger partial charge in [-0.25, -0.2) is 8.42 Å². The number of fused-ring (bicyclic) bond motifs is 1. The average Bonchev–Trinajstić information content (AvgIpc) is 2.96. The summed E-state index contributed by atoms with van der Waals surface area (Å²) in [6.07, 6.45) is 1.80. The maximum Gasteiger partial charge on any atom is 0.399 e. The highest BCUT2D eigenvalue weighted by molar-refractivity contribution is 7.89. The van der Waals surface area contributed by atoms with E-state index in [2.05, 4.69) is 15.0 Å². The van der Waals surface area contributed by atoms with Crippen molar-refractivity contribution in [3.63, 3.8) is 0 Å². The van der Waals surface area contributed by atoms with Crippen molar-refractivity contribution in [1.82, 2.24) is 15.0 Å². The molecule has 1 atom stereocenters. The fourth-order valence-corrected chi connectivity index (χ4v) is 5.77. The lowest BCUT2D eigenvalue weighted by atomic mass is 10.0. The van der Waals surface area contributed by atoms with Crippen LogP contribution in [0, 0.1) is 0 Å². The third-order valence-corrected chi connectivity index (χ3v) is 8.74. The van der Waals surface area contributed by atoms with E-state index in [1.54, 1.807) is 18.3 Å². The molecule has 1 amide bonds. The number of sulfonamides is 1. The van der Waals surface area contributed by atoms with Gasteiger partial charge in [0.15, 0.2) is 0 Å². The van der Waals surface area contributed by atoms with Crippen molar-refractivity contribution >= 4 is 34.4 Å². The Hall–Kier alpha value is -3.74. The molecule has 0 saturated heterocycles. The average molecular weight is 620 g/mol. The van der Waals surface area contributed by atoms with E-state index in [9.17, 15) is 26.6 Å². The van der Waals surface area contributed by atoms with Gasteiger partial charge in [0, 0.05) is 23.7 Å². The molecule has 0 saturated carbocycles. The van der Waals surface area contributed by atoms with Crippen LogP contribution in [-0.2, 0) is 31.5 Å². The van der Waals surface area contributed by atoms with Gasteiger partial charge in [0.2, 0.25) is 15.9 Å². The Morgan fingerprint density at radius 2 is 1.64 bits per heavy atom. The number of halogens is 2. The van der Waals surface area contributed by atoms with E-state index < -0.39 is 40.8 Å². The maximum atomic E-state index is 14.1. The largest absolute Gasteiger partial charge is 0.493 e. The molecule has 0 bridgehead atoms. The number of carbonyl (C=O) groups is 1. The maximum absolute atomic E-state index is 14.1. The Balaban J connectivity index is 1.43. The molecular weight excluding hydrogens is 591 g/mol. The third-order valence-electron chi connectivity index (χ3n) is 6.26. The van der Waals surface area contributed by atoms with Gasteiger partial charge >= 0.3 is 13.3 Å². The Morgan fingerprint density at radius 3 is 2.33 bits per heavy atom. The molecule has 0 aliphatic heterocycles. The quantitative estimate of drug-likeness (QED) is 0.130. The first-order valence-corrected chi connectivity index (χ1v) is 15.8. The van der Waals surface area contributed by atoms with E-state index in [1.165, 1.54) is 24.3 Å². The number of carbonyl (C=O) groups excluding carboxylic acids is 1. The molecule has 3 aromatic carbocycles. The van der Waals surface area contributed by atoms with E-state index in [1.807, 2.05) is 24.3 Å². The fraction of sp³-hybridized carbons (Fsp3) is 0.214. The lowest BCUT2D eigenvalue weighted by molar-refractivity contribution is -0.122. The first-order chi connectivity index (χ1) is 19.9. The summed E-state index contributed by atoms with van der Waals surface area (Å²) in [5.74, 6) is -0.0262. The Morgan fingerprint density at radius 1 is 0.976 bits per heavy atom. The van der Waals surface area contributed by atoms with Crippen LogP contribution in [0.15, 0.2) is 96.0 Å². The van der Waals surface area contributed by atoms with Crippen LogP contribution in [0.1, 0.15) is 17.5 Å². The summed E-state index contributed by atoms with van der Waals surface area (Å²) in [6.45, 7) is 0.406. The van der Waals surface area contributed by atoms with E-state index in [0.29, 0.717) is 12.2 Å². The Bertz CT molecular complexity index is 1680. The van der Waals surface area contributed by atoms with Crippen LogP contribution >= 0.6 is 7.60 Å². The summed E-state index contributed by atoms with van der Waals surface area (Å²) in [6, 6.07) is 19.2. The highest BCUT2D eigenvalue weighted by atomic mass is 32.2. The highest BCUT2D eigenvalue weighted by Gasteiger charge is 2.50. The van der Waals surface area contributed by atoms with E-state index in [4.69, 9.17) is 14.5 Å². The molecule has 0 radical (unpaired) electrons. The standard InChI is InChI=1S/C28H28F2N3O7PS/c29-28(30,41(35,36)37)21-13-11-20(12-14-21)19-25(33-42(38,39)22-7-2-1-3-8-22)27(34)32-16-6-18-40-26-15-17-31-24-10-5-4-9-23(24)26/h1-5,7-15,17,25,33H,6,16,18-19H2,(H,32,34)(H2,35,36,37)/t25-/m0/s1. The molecule has 4 rings (SSSR count). The van der Waals surface area contributed by atoms with Gasteiger partial charge in [0.05, 0.1) is 17.0 Å². The SMILES string of the molecule is O=C(NCCCOc1ccnc2ccccc12)[C@H](Cc1ccc(C(F)(F)P(=O)(O)O)cc1)NS(=O)(=O)c1ccccc1. The van der Waals surface area contributed by atoms with Crippen molar-refractivity contribution in [2.45, 2.75) is 29.4 Å². The Kier molecular flexibility index (Phi) is 9.70. The second-order valence-corrected chi connectivity index (χ2v) is 12.7. The molecule has 0 aliphatic carbocycles. The van der Waals surface area contributed by atoms with Gasteiger partial charge in [0.25, 0.3) is 0 Å².